The quantitative estimate of drug-likeness (QED) is 0.273. The number of carbonyl (C=O) groups is 1. The van der Waals surface area contributed by atoms with E-state index in [9.17, 15) is 4.79 Å². The van der Waals surface area contributed by atoms with Crippen LogP contribution in [0, 0.1) is 5.41 Å². The van der Waals surface area contributed by atoms with Crippen molar-refractivity contribution in [2.24, 2.45) is 10.4 Å². The lowest BCUT2D eigenvalue weighted by atomic mass is 9.67. The highest BCUT2D eigenvalue weighted by molar-refractivity contribution is 5.79. The lowest BCUT2D eigenvalue weighted by Crippen LogP contribution is -2.47. The van der Waals surface area contributed by atoms with Gasteiger partial charge in [-0.15, -0.1) is 0 Å². The van der Waals surface area contributed by atoms with Crippen molar-refractivity contribution in [3.05, 3.63) is 0 Å². The molecule has 0 spiro atoms. The molecule has 0 aromatic heterocycles. The Labute approximate surface area is 152 Å². The molecule has 0 bridgehead atoms. The van der Waals surface area contributed by atoms with Gasteiger partial charge in [0.1, 0.15) is 6.10 Å². The summed E-state index contributed by atoms with van der Waals surface area (Å²) in [6.45, 7) is 2.47. The monoisotopic (exact) mass is 353 g/mol. The summed E-state index contributed by atoms with van der Waals surface area (Å²) in [6.07, 6.45) is 10.8. The lowest BCUT2D eigenvalue weighted by molar-refractivity contribution is -0.148. The number of guanidine groups is 1. The van der Waals surface area contributed by atoms with Gasteiger partial charge in [-0.05, 0) is 56.8 Å². The Morgan fingerprint density at radius 1 is 1.20 bits per heavy atom. The molecule has 2 aliphatic rings. The van der Waals surface area contributed by atoms with Crippen LogP contribution in [-0.2, 0) is 14.3 Å². The van der Waals surface area contributed by atoms with Gasteiger partial charge >= 0.3 is 5.97 Å². The van der Waals surface area contributed by atoms with Crippen molar-refractivity contribution in [1.29, 1.82) is 0 Å². The van der Waals surface area contributed by atoms with Gasteiger partial charge in [-0.1, -0.05) is 6.42 Å². The third kappa shape index (κ3) is 6.84. The Balaban J connectivity index is 1.57. The molecule has 0 unspecified atom stereocenters. The molecule has 144 valence electrons. The predicted octanol–water partition coefficient (Wildman–Crippen LogP) is 2.62. The number of aliphatic imine (C=N–C) groups is 1. The molecule has 2 fully saturated rings. The minimum Gasteiger partial charge on any atom is -0.462 e. The van der Waals surface area contributed by atoms with Crippen LogP contribution >= 0.6 is 0 Å². The first-order chi connectivity index (χ1) is 12.2. The number of methoxy groups -OCH3 is 1. The molecule has 0 aromatic carbocycles. The number of ether oxygens (including phenoxy) is 2. The van der Waals surface area contributed by atoms with Gasteiger partial charge in [0, 0.05) is 40.3 Å². The van der Waals surface area contributed by atoms with Crippen LogP contribution in [0.25, 0.3) is 0 Å². The van der Waals surface area contributed by atoms with Gasteiger partial charge in [-0.2, -0.15) is 0 Å². The van der Waals surface area contributed by atoms with E-state index >= 15 is 0 Å². The zero-order chi connectivity index (χ0) is 18.0. The maximum absolute atomic E-state index is 11.8. The number of hydrogen-bond donors (Lipinski definition) is 2. The number of nitrogens with one attached hydrogen (secondary N) is 2. The fraction of sp³-hybridized carbons (Fsp3) is 0.895. The smallest absolute Gasteiger partial charge is 0.306 e. The summed E-state index contributed by atoms with van der Waals surface area (Å²) < 4.78 is 10.7. The Bertz CT molecular complexity index is 430. The fourth-order valence-electron chi connectivity index (χ4n) is 3.69. The maximum Gasteiger partial charge on any atom is 0.306 e. The molecule has 0 amide bonds. The van der Waals surface area contributed by atoms with E-state index in [-0.39, 0.29) is 12.1 Å². The molecule has 6 heteroatoms. The van der Waals surface area contributed by atoms with E-state index in [1.54, 1.807) is 14.2 Å². The first-order valence-corrected chi connectivity index (χ1v) is 9.80. The molecule has 0 atom stereocenters. The fourth-order valence-corrected chi connectivity index (χ4v) is 3.69. The molecule has 2 rings (SSSR count). The standard InChI is InChI=1S/C19H35N3O3/c1-20-18(22-15-19(10-6-11-19)12-14-24-2)21-13-5-9-17(23)25-16-7-3-4-8-16/h16H,3-15H2,1-2H3,(H2,20,21,22). The second kappa shape index (κ2) is 10.6. The maximum atomic E-state index is 11.8. The topological polar surface area (TPSA) is 72.0 Å². The number of esters is 1. The van der Waals surface area contributed by atoms with E-state index in [1.165, 1.54) is 32.1 Å². The van der Waals surface area contributed by atoms with Crippen molar-refractivity contribution < 1.29 is 14.3 Å². The van der Waals surface area contributed by atoms with Crippen molar-refractivity contribution in [2.75, 3.05) is 33.9 Å². The molecule has 0 radical (unpaired) electrons. The largest absolute Gasteiger partial charge is 0.462 e. The van der Waals surface area contributed by atoms with Crippen molar-refractivity contribution >= 4 is 11.9 Å². The highest BCUT2D eigenvalue weighted by Gasteiger charge is 2.36. The summed E-state index contributed by atoms with van der Waals surface area (Å²) in [5.41, 5.74) is 0.360. The van der Waals surface area contributed by atoms with Crippen LogP contribution in [0.15, 0.2) is 4.99 Å². The normalized spacial score (nSPS) is 20.2. The van der Waals surface area contributed by atoms with E-state index in [0.29, 0.717) is 11.8 Å². The first-order valence-electron chi connectivity index (χ1n) is 9.80. The van der Waals surface area contributed by atoms with Gasteiger partial charge < -0.3 is 20.1 Å². The van der Waals surface area contributed by atoms with E-state index < -0.39 is 0 Å². The molecule has 0 aromatic rings. The van der Waals surface area contributed by atoms with Gasteiger partial charge in [0.05, 0.1) is 0 Å². The summed E-state index contributed by atoms with van der Waals surface area (Å²) in [7, 11) is 3.55. The average molecular weight is 354 g/mol. The molecule has 0 aliphatic heterocycles. The van der Waals surface area contributed by atoms with Gasteiger partial charge in [0.25, 0.3) is 0 Å². The average Bonchev–Trinajstić information content (AvgIpc) is 3.08. The van der Waals surface area contributed by atoms with Gasteiger partial charge in [0.2, 0.25) is 0 Å². The Hall–Kier alpha value is -1.30. The molecule has 2 aliphatic carbocycles. The Morgan fingerprint density at radius 3 is 2.56 bits per heavy atom. The third-order valence-corrected chi connectivity index (χ3v) is 5.56. The molecule has 6 nitrogen and oxygen atoms in total. The Morgan fingerprint density at radius 2 is 1.96 bits per heavy atom. The summed E-state index contributed by atoms with van der Waals surface area (Å²) >= 11 is 0. The van der Waals surface area contributed by atoms with Gasteiger partial charge in [-0.3, -0.25) is 9.79 Å². The second-order valence-corrected chi connectivity index (χ2v) is 7.45. The van der Waals surface area contributed by atoms with Gasteiger partial charge in [-0.25, -0.2) is 0 Å². The van der Waals surface area contributed by atoms with Crippen LogP contribution in [0.3, 0.4) is 0 Å². The number of nitrogens with zero attached hydrogens (tertiary/aromatic N) is 1. The van der Waals surface area contributed by atoms with Crippen LogP contribution in [0.1, 0.15) is 64.2 Å². The van der Waals surface area contributed by atoms with Crippen LogP contribution in [0.2, 0.25) is 0 Å². The highest BCUT2D eigenvalue weighted by atomic mass is 16.5. The van der Waals surface area contributed by atoms with E-state index in [2.05, 4.69) is 15.6 Å². The zero-order valence-electron chi connectivity index (χ0n) is 15.9. The summed E-state index contributed by atoms with van der Waals surface area (Å²) in [4.78, 5) is 16.1. The Kier molecular flexibility index (Phi) is 8.52. The highest BCUT2D eigenvalue weighted by Crippen LogP contribution is 2.43. The van der Waals surface area contributed by atoms with Crippen molar-refractivity contribution in [2.45, 2.75) is 70.3 Å². The number of rotatable bonds is 10. The molecule has 0 heterocycles. The second-order valence-electron chi connectivity index (χ2n) is 7.45. The lowest BCUT2D eigenvalue weighted by Gasteiger charge is -2.42. The molecule has 0 saturated heterocycles. The molecule has 25 heavy (non-hydrogen) atoms. The SMILES string of the molecule is CN=C(NCCCC(=O)OC1CCCC1)NCC1(CCOC)CCC1. The molecular formula is C19H35N3O3. The number of hydrogen-bond acceptors (Lipinski definition) is 4. The first kappa shape index (κ1) is 20.0. The predicted molar refractivity (Wildman–Crippen MR) is 99.7 cm³/mol. The molecular weight excluding hydrogens is 318 g/mol. The summed E-state index contributed by atoms with van der Waals surface area (Å²) in [5, 5.41) is 6.73. The van der Waals surface area contributed by atoms with Crippen LogP contribution < -0.4 is 10.6 Å². The zero-order valence-corrected chi connectivity index (χ0v) is 15.9. The minimum absolute atomic E-state index is 0.0652. The van der Waals surface area contributed by atoms with Crippen molar-refractivity contribution in [3.63, 3.8) is 0 Å². The third-order valence-electron chi connectivity index (χ3n) is 5.56. The number of carbonyl (C=O) groups excluding carboxylic acids is 1. The molecule has 2 N–H and O–H groups in total. The van der Waals surface area contributed by atoms with E-state index in [0.717, 1.165) is 51.3 Å². The van der Waals surface area contributed by atoms with Crippen LogP contribution in [0.5, 0.6) is 0 Å². The van der Waals surface area contributed by atoms with Crippen LogP contribution in [0.4, 0.5) is 0 Å². The van der Waals surface area contributed by atoms with E-state index in [4.69, 9.17) is 9.47 Å². The minimum atomic E-state index is -0.0652. The van der Waals surface area contributed by atoms with E-state index in [1.807, 2.05) is 0 Å². The molecule has 2 saturated carbocycles. The summed E-state index contributed by atoms with van der Waals surface area (Å²) in [6, 6.07) is 0. The van der Waals surface area contributed by atoms with Gasteiger partial charge in [0.15, 0.2) is 5.96 Å². The van der Waals surface area contributed by atoms with Crippen LogP contribution in [-0.4, -0.2) is 51.9 Å². The summed E-state index contributed by atoms with van der Waals surface area (Å²) in [5.74, 6) is 0.748. The van der Waals surface area contributed by atoms with Crippen molar-refractivity contribution in [3.8, 4) is 0 Å². The van der Waals surface area contributed by atoms with Crippen molar-refractivity contribution in [1.82, 2.24) is 10.6 Å².